The summed E-state index contributed by atoms with van der Waals surface area (Å²) < 4.78 is 2.49. The minimum absolute atomic E-state index is 0.0265. The zero-order chi connectivity index (χ0) is 21.4. The highest BCUT2D eigenvalue weighted by Crippen LogP contribution is 2.30. The van der Waals surface area contributed by atoms with E-state index in [1.165, 1.54) is 11.6 Å². The van der Waals surface area contributed by atoms with Gasteiger partial charge in [-0.1, -0.05) is 30.3 Å². The van der Waals surface area contributed by atoms with Crippen LogP contribution < -0.4 is 17.0 Å². The first-order chi connectivity index (χ1) is 14.4. The molecule has 156 valence electrons. The Balaban J connectivity index is 1.69. The van der Waals surface area contributed by atoms with Crippen LogP contribution in [0.5, 0.6) is 0 Å². The highest BCUT2D eigenvalue weighted by Gasteiger charge is 2.30. The standard InChI is InChI=1S/C22H25N5O3/c1-25-19-17(20(28)26(2)22(25)30)16(10-11-24-19)15-9-6-12-27(13-15)21(29)18(23)14-7-4-3-5-8-14/h3-5,7-8,10-11,15,18H,6,9,12-13,23H2,1-2H3/t15-,18-/m1/s1. The van der Waals surface area contributed by atoms with Crippen molar-refractivity contribution in [2.75, 3.05) is 13.1 Å². The van der Waals surface area contributed by atoms with Gasteiger partial charge in [-0.25, -0.2) is 9.78 Å². The van der Waals surface area contributed by atoms with E-state index in [1.54, 1.807) is 18.1 Å². The molecule has 2 N–H and O–H groups in total. The molecule has 3 heterocycles. The number of carbonyl (C=O) groups is 1. The molecular formula is C22H25N5O3. The van der Waals surface area contributed by atoms with Gasteiger partial charge in [0.05, 0.1) is 5.39 Å². The Labute approximate surface area is 173 Å². The van der Waals surface area contributed by atoms with Gasteiger partial charge in [0.2, 0.25) is 5.91 Å². The van der Waals surface area contributed by atoms with Gasteiger partial charge in [-0.3, -0.25) is 18.7 Å². The Morgan fingerprint density at radius 1 is 1.13 bits per heavy atom. The molecule has 1 saturated heterocycles. The number of fused-ring (bicyclic) bond motifs is 1. The summed E-state index contributed by atoms with van der Waals surface area (Å²) >= 11 is 0. The van der Waals surface area contributed by atoms with Gasteiger partial charge in [-0.05, 0) is 30.0 Å². The van der Waals surface area contributed by atoms with Crippen molar-refractivity contribution < 1.29 is 4.79 Å². The quantitative estimate of drug-likeness (QED) is 0.699. The van der Waals surface area contributed by atoms with Crippen molar-refractivity contribution in [3.05, 3.63) is 74.6 Å². The summed E-state index contributed by atoms with van der Waals surface area (Å²) in [7, 11) is 3.08. The Bertz CT molecular complexity index is 1220. The lowest BCUT2D eigenvalue weighted by atomic mass is 9.89. The molecule has 0 unspecified atom stereocenters. The number of pyridine rings is 1. The fraction of sp³-hybridized carbons (Fsp3) is 0.364. The predicted octanol–water partition coefficient (Wildman–Crippen LogP) is 1.04. The second-order valence-electron chi connectivity index (χ2n) is 7.82. The van der Waals surface area contributed by atoms with Crippen LogP contribution in [-0.2, 0) is 18.9 Å². The van der Waals surface area contributed by atoms with Gasteiger partial charge in [0.15, 0.2) is 0 Å². The van der Waals surface area contributed by atoms with Crippen LogP contribution in [0.4, 0.5) is 0 Å². The molecule has 2 atom stereocenters. The summed E-state index contributed by atoms with van der Waals surface area (Å²) in [5, 5.41) is 0.439. The lowest BCUT2D eigenvalue weighted by Crippen LogP contribution is -2.44. The van der Waals surface area contributed by atoms with Gasteiger partial charge < -0.3 is 10.6 Å². The van der Waals surface area contributed by atoms with E-state index in [4.69, 9.17) is 5.73 Å². The fourth-order valence-electron chi connectivity index (χ4n) is 4.28. The molecule has 1 aromatic carbocycles. The molecule has 8 heteroatoms. The van der Waals surface area contributed by atoms with Crippen LogP contribution in [0.15, 0.2) is 52.2 Å². The summed E-state index contributed by atoms with van der Waals surface area (Å²) in [5.41, 5.74) is 7.43. The number of nitrogens with two attached hydrogens (primary N) is 1. The fourth-order valence-corrected chi connectivity index (χ4v) is 4.28. The van der Waals surface area contributed by atoms with Gasteiger partial charge in [-0.15, -0.1) is 0 Å². The molecule has 8 nitrogen and oxygen atoms in total. The largest absolute Gasteiger partial charge is 0.340 e. The minimum atomic E-state index is -0.715. The number of carbonyl (C=O) groups excluding carboxylic acids is 1. The lowest BCUT2D eigenvalue weighted by molar-refractivity contribution is -0.134. The summed E-state index contributed by atoms with van der Waals surface area (Å²) in [5.74, 6) is -0.147. The van der Waals surface area contributed by atoms with Gasteiger partial charge in [0.25, 0.3) is 5.56 Å². The van der Waals surface area contributed by atoms with Crippen molar-refractivity contribution in [2.24, 2.45) is 19.8 Å². The van der Waals surface area contributed by atoms with Crippen LogP contribution in [0.3, 0.4) is 0 Å². The average Bonchev–Trinajstić information content (AvgIpc) is 2.80. The predicted molar refractivity (Wildman–Crippen MR) is 114 cm³/mol. The lowest BCUT2D eigenvalue weighted by Gasteiger charge is -2.35. The third kappa shape index (κ3) is 3.33. The zero-order valence-electron chi connectivity index (χ0n) is 17.1. The van der Waals surface area contributed by atoms with Gasteiger partial charge >= 0.3 is 5.69 Å². The normalized spacial score (nSPS) is 17.8. The van der Waals surface area contributed by atoms with E-state index >= 15 is 0 Å². The molecule has 1 amide bonds. The second-order valence-corrected chi connectivity index (χ2v) is 7.82. The van der Waals surface area contributed by atoms with Gasteiger partial charge in [0.1, 0.15) is 11.7 Å². The molecule has 2 aromatic heterocycles. The second kappa shape index (κ2) is 7.87. The van der Waals surface area contributed by atoms with E-state index in [9.17, 15) is 14.4 Å². The highest BCUT2D eigenvalue weighted by molar-refractivity contribution is 5.83. The van der Waals surface area contributed by atoms with Crippen molar-refractivity contribution in [2.45, 2.75) is 24.8 Å². The van der Waals surface area contributed by atoms with E-state index in [0.29, 0.717) is 24.1 Å². The van der Waals surface area contributed by atoms with Crippen molar-refractivity contribution in [1.82, 2.24) is 19.0 Å². The summed E-state index contributed by atoms with van der Waals surface area (Å²) in [6.45, 7) is 1.11. The topological polar surface area (TPSA) is 103 Å². The Hall–Kier alpha value is -3.26. The molecule has 1 aliphatic heterocycles. The molecule has 4 rings (SSSR count). The van der Waals surface area contributed by atoms with E-state index in [-0.39, 0.29) is 17.4 Å². The van der Waals surface area contributed by atoms with Crippen LogP contribution in [0.25, 0.3) is 11.0 Å². The maximum atomic E-state index is 13.0. The first kappa shape index (κ1) is 20.0. The number of aryl methyl sites for hydroxylation is 1. The monoisotopic (exact) mass is 407 g/mol. The molecule has 0 aliphatic carbocycles. The summed E-state index contributed by atoms with van der Waals surface area (Å²) in [6.07, 6.45) is 3.27. The Kier molecular flexibility index (Phi) is 5.26. The maximum Gasteiger partial charge on any atom is 0.332 e. The number of hydrogen-bond donors (Lipinski definition) is 1. The number of hydrogen-bond acceptors (Lipinski definition) is 5. The zero-order valence-corrected chi connectivity index (χ0v) is 17.1. The average molecular weight is 407 g/mol. The van der Waals surface area contributed by atoms with E-state index < -0.39 is 11.7 Å². The first-order valence-corrected chi connectivity index (χ1v) is 10.0. The third-order valence-corrected chi connectivity index (χ3v) is 5.97. The number of piperidine rings is 1. The summed E-state index contributed by atoms with van der Waals surface area (Å²) in [4.78, 5) is 44.2. The van der Waals surface area contributed by atoms with Crippen molar-refractivity contribution in [3.63, 3.8) is 0 Å². The van der Waals surface area contributed by atoms with Crippen LogP contribution in [-0.4, -0.2) is 38.0 Å². The smallest absolute Gasteiger partial charge is 0.332 e. The van der Waals surface area contributed by atoms with Crippen LogP contribution in [0, 0.1) is 0 Å². The summed E-state index contributed by atoms with van der Waals surface area (Å²) in [6, 6.07) is 10.4. The third-order valence-electron chi connectivity index (χ3n) is 5.97. The number of benzene rings is 1. The number of aromatic nitrogens is 3. The molecule has 1 aliphatic rings. The van der Waals surface area contributed by atoms with Crippen molar-refractivity contribution in [3.8, 4) is 0 Å². The van der Waals surface area contributed by atoms with E-state index in [1.807, 2.05) is 36.4 Å². The van der Waals surface area contributed by atoms with Crippen molar-refractivity contribution >= 4 is 16.9 Å². The molecule has 30 heavy (non-hydrogen) atoms. The van der Waals surface area contributed by atoms with Crippen LogP contribution in [0.2, 0.25) is 0 Å². The van der Waals surface area contributed by atoms with Gasteiger partial charge in [0, 0.05) is 39.3 Å². The molecule has 0 saturated carbocycles. The number of rotatable bonds is 3. The Morgan fingerprint density at radius 3 is 2.60 bits per heavy atom. The van der Waals surface area contributed by atoms with Crippen LogP contribution in [0.1, 0.15) is 35.9 Å². The maximum absolute atomic E-state index is 13.0. The minimum Gasteiger partial charge on any atom is -0.340 e. The number of amides is 1. The van der Waals surface area contributed by atoms with Crippen LogP contribution >= 0.6 is 0 Å². The molecule has 1 fully saturated rings. The van der Waals surface area contributed by atoms with E-state index in [0.717, 1.165) is 28.5 Å². The Morgan fingerprint density at radius 2 is 1.87 bits per heavy atom. The first-order valence-electron chi connectivity index (χ1n) is 10.0. The highest BCUT2D eigenvalue weighted by atomic mass is 16.2. The number of nitrogens with zero attached hydrogens (tertiary/aromatic N) is 4. The molecule has 0 radical (unpaired) electrons. The molecule has 0 spiro atoms. The van der Waals surface area contributed by atoms with Gasteiger partial charge in [-0.2, -0.15) is 0 Å². The number of likely N-dealkylation sites (tertiary alicyclic amines) is 1. The molecular weight excluding hydrogens is 382 g/mol. The van der Waals surface area contributed by atoms with Crippen molar-refractivity contribution in [1.29, 1.82) is 0 Å². The molecule has 0 bridgehead atoms. The molecule has 3 aromatic rings. The SMILES string of the molecule is Cn1c(=O)c2c([C@@H]3CCCN(C(=O)[C@H](N)c4ccccc4)C3)ccnc2n(C)c1=O. The van der Waals surface area contributed by atoms with E-state index in [2.05, 4.69) is 4.98 Å².